The van der Waals surface area contributed by atoms with Gasteiger partial charge in [0.1, 0.15) is 4.90 Å². The highest BCUT2D eigenvalue weighted by molar-refractivity contribution is 7.93. The number of fused-ring (bicyclic) bond motifs is 1. The maximum atomic E-state index is 13.0. The first kappa shape index (κ1) is 23.7. The Labute approximate surface area is 205 Å². The molecule has 2 aliphatic rings. The molecule has 5 rings (SSSR count). The van der Waals surface area contributed by atoms with Crippen LogP contribution in [-0.4, -0.2) is 75.0 Å². The van der Waals surface area contributed by atoms with Crippen LogP contribution in [0.4, 0.5) is 5.69 Å². The molecule has 2 aromatic carbocycles. The van der Waals surface area contributed by atoms with E-state index in [1.165, 1.54) is 12.5 Å². The molecule has 0 spiro atoms. The number of carbonyl (C=O) groups excluding carboxylic acids is 1. The van der Waals surface area contributed by atoms with Crippen LogP contribution in [-0.2, 0) is 14.8 Å². The first-order valence-corrected chi connectivity index (χ1v) is 13.5. The lowest BCUT2D eigenvalue weighted by molar-refractivity contribution is 0.0274. The van der Waals surface area contributed by atoms with Gasteiger partial charge in [0.05, 0.1) is 12.1 Å². The number of nitrogens with zero attached hydrogens (tertiary/aromatic N) is 3. The highest BCUT2D eigenvalue weighted by atomic mass is 32.2. The van der Waals surface area contributed by atoms with Crippen molar-refractivity contribution in [2.75, 3.05) is 50.7 Å². The van der Waals surface area contributed by atoms with Gasteiger partial charge < -0.3 is 9.64 Å². The molecule has 0 unspecified atom stereocenters. The molecule has 8 nitrogen and oxygen atoms in total. The van der Waals surface area contributed by atoms with Crippen molar-refractivity contribution in [3.63, 3.8) is 0 Å². The third-order valence-corrected chi connectivity index (χ3v) is 8.11. The Morgan fingerprint density at radius 3 is 2.54 bits per heavy atom. The number of rotatable bonds is 6. The smallest absolute Gasteiger partial charge is 0.264 e. The lowest BCUT2D eigenvalue weighted by atomic mass is 10.0. The van der Waals surface area contributed by atoms with Crippen molar-refractivity contribution in [1.82, 2.24) is 14.8 Å². The molecular formula is C26H30N4O4S. The SMILES string of the molecule is O=C(c1ccc(NS(=O)(=O)c2cccc3cccnc23)cc1)N1CCN(C[C@@H]2CCCOC2)CC1. The third kappa shape index (κ3) is 5.47. The van der Waals surface area contributed by atoms with Crippen LogP contribution in [0.2, 0.25) is 0 Å². The highest BCUT2D eigenvalue weighted by Crippen LogP contribution is 2.24. The summed E-state index contributed by atoms with van der Waals surface area (Å²) in [6.07, 6.45) is 3.92. The lowest BCUT2D eigenvalue weighted by Gasteiger charge is -2.37. The number of hydrogen-bond acceptors (Lipinski definition) is 6. The summed E-state index contributed by atoms with van der Waals surface area (Å²) >= 11 is 0. The minimum atomic E-state index is -3.83. The van der Waals surface area contributed by atoms with Gasteiger partial charge in [0.2, 0.25) is 0 Å². The standard InChI is InChI=1S/C26H30N4O4S/c31-26(30-15-13-29(14-16-30)18-20-4-3-17-34-19-20)22-8-10-23(11-9-22)28-35(32,33)24-7-1-5-21-6-2-12-27-25(21)24/h1-2,5-12,20,28H,3-4,13-19H2/t20-/m0/s1. The van der Waals surface area contributed by atoms with Crippen molar-refractivity contribution in [2.45, 2.75) is 17.7 Å². The molecule has 0 bridgehead atoms. The predicted molar refractivity (Wildman–Crippen MR) is 135 cm³/mol. The van der Waals surface area contributed by atoms with E-state index in [0.29, 0.717) is 35.8 Å². The molecule has 3 aromatic rings. The quantitative estimate of drug-likeness (QED) is 0.566. The molecule has 1 N–H and O–H groups in total. The molecule has 0 radical (unpaired) electrons. The van der Waals surface area contributed by atoms with Crippen molar-refractivity contribution in [3.05, 3.63) is 66.4 Å². The monoisotopic (exact) mass is 494 g/mol. The zero-order valence-electron chi connectivity index (χ0n) is 19.6. The van der Waals surface area contributed by atoms with Crippen molar-refractivity contribution in [3.8, 4) is 0 Å². The molecule has 1 amide bonds. The van der Waals surface area contributed by atoms with Crippen molar-refractivity contribution in [1.29, 1.82) is 0 Å². The number of hydrogen-bond donors (Lipinski definition) is 1. The Morgan fingerprint density at radius 1 is 1.03 bits per heavy atom. The van der Waals surface area contributed by atoms with Gasteiger partial charge in [0.15, 0.2) is 0 Å². The number of piperazine rings is 1. The molecule has 2 saturated heterocycles. The zero-order chi connectivity index (χ0) is 24.3. The fraction of sp³-hybridized carbons (Fsp3) is 0.385. The second-order valence-electron chi connectivity index (χ2n) is 9.19. The molecule has 0 aliphatic carbocycles. The molecule has 184 valence electrons. The van der Waals surface area contributed by atoms with Crippen LogP contribution in [0.3, 0.4) is 0 Å². The van der Waals surface area contributed by atoms with Gasteiger partial charge in [-0.05, 0) is 55.2 Å². The number of amides is 1. The maximum absolute atomic E-state index is 13.0. The molecule has 0 saturated carbocycles. The molecule has 2 fully saturated rings. The second kappa shape index (κ2) is 10.3. The summed E-state index contributed by atoms with van der Waals surface area (Å²) in [5, 5.41) is 0.753. The molecule has 3 heterocycles. The topological polar surface area (TPSA) is 91.8 Å². The number of aromatic nitrogens is 1. The summed E-state index contributed by atoms with van der Waals surface area (Å²) in [6, 6.07) is 15.3. The van der Waals surface area contributed by atoms with Crippen LogP contribution in [0, 0.1) is 5.92 Å². The molecule has 1 aromatic heterocycles. The van der Waals surface area contributed by atoms with E-state index in [1.807, 2.05) is 17.0 Å². The summed E-state index contributed by atoms with van der Waals surface area (Å²) in [5.41, 5.74) is 1.37. The minimum Gasteiger partial charge on any atom is -0.381 e. The van der Waals surface area contributed by atoms with Crippen LogP contribution in [0.1, 0.15) is 23.2 Å². The van der Waals surface area contributed by atoms with E-state index in [2.05, 4.69) is 14.6 Å². The summed E-state index contributed by atoms with van der Waals surface area (Å²) in [6.45, 7) is 5.84. The van der Waals surface area contributed by atoms with E-state index in [0.717, 1.165) is 44.7 Å². The third-order valence-electron chi connectivity index (χ3n) is 6.70. The molecule has 35 heavy (non-hydrogen) atoms. The van der Waals surface area contributed by atoms with Gasteiger partial charge in [0.25, 0.3) is 15.9 Å². The molecule has 9 heteroatoms. The van der Waals surface area contributed by atoms with Crippen LogP contribution < -0.4 is 4.72 Å². The van der Waals surface area contributed by atoms with Gasteiger partial charge in [-0.15, -0.1) is 0 Å². The fourth-order valence-electron chi connectivity index (χ4n) is 4.82. The Morgan fingerprint density at radius 2 is 1.80 bits per heavy atom. The normalized spacial score (nSPS) is 19.5. The van der Waals surface area contributed by atoms with Gasteiger partial charge in [-0.2, -0.15) is 0 Å². The minimum absolute atomic E-state index is 0.0293. The highest BCUT2D eigenvalue weighted by Gasteiger charge is 2.25. The number of benzene rings is 2. The van der Waals surface area contributed by atoms with E-state index in [-0.39, 0.29) is 10.8 Å². The van der Waals surface area contributed by atoms with Crippen LogP contribution in [0.5, 0.6) is 0 Å². The first-order valence-electron chi connectivity index (χ1n) is 12.1. The number of sulfonamides is 1. The molecule has 2 aliphatic heterocycles. The van der Waals surface area contributed by atoms with E-state index in [1.54, 1.807) is 42.6 Å². The Bertz CT molecular complexity index is 1280. The van der Waals surface area contributed by atoms with Gasteiger partial charge in [0, 0.05) is 62.2 Å². The van der Waals surface area contributed by atoms with E-state index in [9.17, 15) is 13.2 Å². The van der Waals surface area contributed by atoms with Gasteiger partial charge >= 0.3 is 0 Å². The number of nitrogens with one attached hydrogen (secondary N) is 1. The van der Waals surface area contributed by atoms with E-state index in [4.69, 9.17) is 4.74 Å². The van der Waals surface area contributed by atoms with Crippen molar-refractivity contribution < 1.29 is 17.9 Å². The number of para-hydroxylation sites is 1. The second-order valence-corrected chi connectivity index (χ2v) is 10.8. The summed E-state index contributed by atoms with van der Waals surface area (Å²) in [7, 11) is -3.83. The van der Waals surface area contributed by atoms with Crippen LogP contribution in [0.25, 0.3) is 10.9 Å². The zero-order valence-corrected chi connectivity index (χ0v) is 20.4. The summed E-state index contributed by atoms with van der Waals surface area (Å²) in [4.78, 5) is 21.6. The Hall–Kier alpha value is -3.01. The van der Waals surface area contributed by atoms with Crippen molar-refractivity contribution in [2.24, 2.45) is 5.92 Å². The van der Waals surface area contributed by atoms with Gasteiger partial charge in [-0.25, -0.2) is 8.42 Å². The van der Waals surface area contributed by atoms with Crippen LogP contribution in [0.15, 0.2) is 65.7 Å². The summed E-state index contributed by atoms with van der Waals surface area (Å²) in [5.74, 6) is 0.560. The largest absolute Gasteiger partial charge is 0.381 e. The Balaban J connectivity index is 1.20. The van der Waals surface area contributed by atoms with E-state index < -0.39 is 10.0 Å². The average Bonchev–Trinajstić information content (AvgIpc) is 2.89. The Kier molecular flexibility index (Phi) is 6.99. The van der Waals surface area contributed by atoms with Gasteiger partial charge in [-0.1, -0.05) is 18.2 Å². The predicted octanol–water partition coefficient (Wildman–Crippen LogP) is 3.22. The molecular weight excluding hydrogens is 464 g/mol. The molecule has 1 atom stereocenters. The van der Waals surface area contributed by atoms with Crippen molar-refractivity contribution >= 4 is 32.5 Å². The summed E-state index contributed by atoms with van der Waals surface area (Å²) < 4.78 is 34.2. The van der Waals surface area contributed by atoms with Crippen LogP contribution >= 0.6 is 0 Å². The fourth-order valence-corrected chi connectivity index (χ4v) is 6.06. The first-order chi connectivity index (χ1) is 17.0. The number of pyridine rings is 1. The van der Waals surface area contributed by atoms with Gasteiger partial charge in [-0.3, -0.25) is 19.4 Å². The number of carbonyl (C=O) groups is 1. The number of ether oxygens (including phenoxy) is 1. The lowest BCUT2D eigenvalue weighted by Crippen LogP contribution is -2.50. The maximum Gasteiger partial charge on any atom is 0.264 e. The number of anilines is 1. The average molecular weight is 495 g/mol. The van der Waals surface area contributed by atoms with E-state index >= 15 is 0 Å².